The van der Waals surface area contributed by atoms with Crippen LogP contribution in [0.15, 0.2) is 36.2 Å². The Balaban J connectivity index is 0.000000752. The maximum atomic E-state index is 9.82. The lowest BCUT2D eigenvalue weighted by molar-refractivity contribution is -0.140. The SMILES string of the molecule is CC.CCOC(C)=O.CCc1ccnc(OC/C(=C(/N)c2ccc(N3CCCCC3)c(C)n2)N(C)N)c1. The van der Waals surface area contributed by atoms with E-state index in [1.54, 1.807) is 20.2 Å². The summed E-state index contributed by atoms with van der Waals surface area (Å²) in [6.45, 7) is 14.2. The van der Waals surface area contributed by atoms with Crippen molar-refractivity contribution in [2.45, 2.75) is 67.2 Å². The molecule has 1 aliphatic heterocycles. The molecule has 0 unspecified atom stereocenters. The molecule has 0 aliphatic carbocycles. The Morgan fingerprint density at radius 1 is 1.14 bits per heavy atom. The molecule has 0 aromatic carbocycles. The summed E-state index contributed by atoms with van der Waals surface area (Å²) in [6.07, 6.45) is 6.44. The molecule has 0 amide bonds. The maximum Gasteiger partial charge on any atom is 0.302 e. The molecule has 0 radical (unpaired) electrons. The Morgan fingerprint density at radius 2 is 1.81 bits per heavy atom. The van der Waals surface area contributed by atoms with E-state index in [9.17, 15) is 4.79 Å². The molecule has 1 fully saturated rings. The largest absolute Gasteiger partial charge is 0.471 e. The number of piperidine rings is 1. The maximum absolute atomic E-state index is 9.82. The van der Waals surface area contributed by atoms with Crippen molar-refractivity contribution >= 4 is 17.4 Å². The van der Waals surface area contributed by atoms with E-state index >= 15 is 0 Å². The van der Waals surface area contributed by atoms with Gasteiger partial charge in [-0.1, -0.05) is 20.8 Å². The molecule has 4 N–H and O–H groups in total. The van der Waals surface area contributed by atoms with Crippen LogP contribution in [0, 0.1) is 6.92 Å². The third-order valence-corrected chi connectivity index (χ3v) is 5.68. The Morgan fingerprint density at radius 3 is 2.32 bits per heavy atom. The number of nitrogens with zero attached hydrogens (tertiary/aromatic N) is 4. The van der Waals surface area contributed by atoms with E-state index in [-0.39, 0.29) is 12.6 Å². The first-order valence-corrected chi connectivity index (χ1v) is 13.2. The average Bonchev–Trinajstić information content (AvgIpc) is 2.90. The number of rotatable bonds is 8. The molecule has 0 bridgehead atoms. The Bertz CT molecular complexity index is 988. The summed E-state index contributed by atoms with van der Waals surface area (Å²) in [5.74, 6) is 6.38. The number of likely N-dealkylation sites (N-methyl/N-ethyl adjacent to an activating group) is 1. The minimum Gasteiger partial charge on any atom is -0.471 e. The number of aromatic nitrogens is 2. The number of pyridine rings is 2. The lowest BCUT2D eigenvalue weighted by Crippen LogP contribution is -2.32. The van der Waals surface area contributed by atoms with Gasteiger partial charge in [0.05, 0.1) is 35.1 Å². The van der Waals surface area contributed by atoms with Gasteiger partial charge < -0.3 is 25.1 Å². The van der Waals surface area contributed by atoms with Crippen molar-refractivity contribution in [2.24, 2.45) is 11.6 Å². The fourth-order valence-corrected chi connectivity index (χ4v) is 3.78. The summed E-state index contributed by atoms with van der Waals surface area (Å²) in [7, 11) is 1.75. The van der Waals surface area contributed by atoms with Crippen molar-refractivity contribution in [1.29, 1.82) is 0 Å². The van der Waals surface area contributed by atoms with Crippen molar-refractivity contribution in [2.75, 3.05) is 38.3 Å². The highest BCUT2D eigenvalue weighted by molar-refractivity contribution is 5.66. The van der Waals surface area contributed by atoms with Gasteiger partial charge in [0.1, 0.15) is 6.61 Å². The third-order valence-electron chi connectivity index (χ3n) is 5.68. The van der Waals surface area contributed by atoms with E-state index in [1.165, 1.54) is 42.4 Å². The standard InChI is InChI=1S/C22H32N6O.C4H8O2.C2H6/c1-4-17-10-11-25-21(14-17)29-15-20(27(3)24)22(23)18-8-9-19(16(2)26-18)28-12-6-5-7-13-28;1-3-6-4(2)5;1-2/h8-11,14H,4-7,12-13,15,23-24H2,1-3H3;3H2,1-2H3;1-2H3/b22-20-;;. The number of hydrogen-bond acceptors (Lipinski definition) is 9. The summed E-state index contributed by atoms with van der Waals surface area (Å²) in [5, 5.41) is 1.48. The van der Waals surface area contributed by atoms with Crippen LogP contribution in [-0.4, -0.2) is 54.3 Å². The smallest absolute Gasteiger partial charge is 0.302 e. The lowest BCUT2D eigenvalue weighted by Gasteiger charge is -2.30. The van der Waals surface area contributed by atoms with Crippen LogP contribution in [0.25, 0.3) is 5.70 Å². The predicted molar refractivity (Wildman–Crippen MR) is 151 cm³/mol. The summed E-state index contributed by atoms with van der Waals surface area (Å²) >= 11 is 0. The second kappa shape index (κ2) is 17.2. The van der Waals surface area contributed by atoms with Gasteiger partial charge in [0.25, 0.3) is 0 Å². The molecule has 0 atom stereocenters. The van der Waals surface area contributed by atoms with Gasteiger partial charge in [0.15, 0.2) is 0 Å². The minimum absolute atomic E-state index is 0.211. The first-order chi connectivity index (χ1) is 17.8. The van der Waals surface area contributed by atoms with E-state index in [0.29, 0.717) is 29.6 Å². The number of esters is 1. The zero-order valence-corrected chi connectivity index (χ0v) is 23.7. The van der Waals surface area contributed by atoms with Crippen molar-refractivity contribution in [3.8, 4) is 5.88 Å². The molecule has 0 saturated carbocycles. The Hall–Kier alpha value is -3.33. The first-order valence-electron chi connectivity index (χ1n) is 13.2. The molecule has 0 spiro atoms. The fourth-order valence-electron chi connectivity index (χ4n) is 3.78. The van der Waals surface area contributed by atoms with Crippen molar-refractivity contribution in [1.82, 2.24) is 15.0 Å². The van der Waals surface area contributed by atoms with Crippen LogP contribution in [-0.2, 0) is 16.0 Å². The molecular formula is C28H46N6O3. The van der Waals surface area contributed by atoms with Gasteiger partial charge in [-0.3, -0.25) is 4.79 Å². The minimum atomic E-state index is -0.211. The molecule has 2 aromatic rings. The van der Waals surface area contributed by atoms with E-state index in [4.69, 9.17) is 21.3 Å². The van der Waals surface area contributed by atoms with Gasteiger partial charge in [-0.2, -0.15) is 0 Å². The number of hydrazine groups is 1. The number of aryl methyl sites for hydroxylation is 2. The average molecular weight is 515 g/mol. The van der Waals surface area contributed by atoms with Crippen LogP contribution in [0.1, 0.15) is 70.8 Å². The van der Waals surface area contributed by atoms with Crippen molar-refractivity contribution in [3.63, 3.8) is 0 Å². The van der Waals surface area contributed by atoms with Crippen LogP contribution >= 0.6 is 0 Å². The van der Waals surface area contributed by atoms with Gasteiger partial charge in [-0.25, -0.2) is 15.8 Å². The number of hydrogen-bond donors (Lipinski definition) is 2. The molecule has 9 heteroatoms. The monoisotopic (exact) mass is 514 g/mol. The van der Waals surface area contributed by atoms with Crippen LogP contribution in [0.3, 0.4) is 0 Å². The van der Waals surface area contributed by atoms with Gasteiger partial charge in [-0.15, -0.1) is 0 Å². The Kier molecular flexibility index (Phi) is 14.7. The molecule has 3 heterocycles. The molecule has 1 saturated heterocycles. The fraction of sp³-hybridized carbons (Fsp3) is 0.536. The van der Waals surface area contributed by atoms with Crippen LogP contribution in [0.5, 0.6) is 5.88 Å². The summed E-state index contributed by atoms with van der Waals surface area (Å²) in [6, 6.07) is 7.98. The predicted octanol–water partition coefficient (Wildman–Crippen LogP) is 4.45. The van der Waals surface area contributed by atoms with Gasteiger partial charge in [0, 0.05) is 39.3 Å². The van der Waals surface area contributed by atoms with Crippen molar-refractivity contribution in [3.05, 3.63) is 53.1 Å². The highest BCUT2D eigenvalue weighted by atomic mass is 16.5. The summed E-state index contributed by atoms with van der Waals surface area (Å²) < 4.78 is 10.3. The zero-order valence-electron chi connectivity index (χ0n) is 23.7. The number of carbonyl (C=O) groups excluding carboxylic acids is 1. The first kappa shape index (κ1) is 31.7. The van der Waals surface area contributed by atoms with E-state index in [2.05, 4.69) is 27.6 Å². The molecule has 206 valence electrons. The number of carbonyl (C=O) groups is 1. The zero-order chi connectivity index (χ0) is 27.8. The van der Waals surface area contributed by atoms with E-state index in [1.807, 2.05) is 39.0 Å². The quantitative estimate of drug-likeness (QED) is 0.299. The van der Waals surface area contributed by atoms with Crippen LogP contribution in [0.4, 0.5) is 5.69 Å². The van der Waals surface area contributed by atoms with Gasteiger partial charge in [-0.05, 0) is 63.3 Å². The molecular weight excluding hydrogens is 468 g/mol. The second-order valence-corrected chi connectivity index (χ2v) is 8.39. The molecule has 2 aromatic heterocycles. The number of nitrogens with two attached hydrogens (primary N) is 2. The highest BCUT2D eigenvalue weighted by Crippen LogP contribution is 2.25. The van der Waals surface area contributed by atoms with Gasteiger partial charge >= 0.3 is 5.97 Å². The van der Waals surface area contributed by atoms with Gasteiger partial charge in [0.2, 0.25) is 5.88 Å². The normalized spacial score (nSPS) is 13.2. The van der Waals surface area contributed by atoms with E-state index < -0.39 is 0 Å². The molecule has 3 rings (SSSR count). The summed E-state index contributed by atoms with van der Waals surface area (Å²) in [4.78, 5) is 21.2. The van der Waals surface area contributed by atoms with Crippen LogP contribution < -0.4 is 21.2 Å². The number of anilines is 1. The van der Waals surface area contributed by atoms with Crippen LogP contribution in [0.2, 0.25) is 0 Å². The van der Waals surface area contributed by atoms with E-state index in [0.717, 1.165) is 25.2 Å². The topological polar surface area (TPSA) is 120 Å². The summed E-state index contributed by atoms with van der Waals surface area (Å²) in [5.41, 5.74) is 11.6. The Labute approximate surface area is 222 Å². The third kappa shape index (κ3) is 10.7. The molecule has 9 nitrogen and oxygen atoms in total. The molecule has 37 heavy (non-hydrogen) atoms. The molecule has 1 aliphatic rings. The van der Waals surface area contributed by atoms with Crippen molar-refractivity contribution < 1.29 is 14.3 Å². The highest BCUT2D eigenvalue weighted by Gasteiger charge is 2.17. The second-order valence-electron chi connectivity index (χ2n) is 8.39. The number of ether oxygens (including phenoxy) is 2. The lowest BCUT2D eigenvalue weighted by atomic mass is 10.1.